The molecule has 1 aromatic rings. The largest absolute Gasteiger partial charge is 0.334 e. The van der Waals surface area contributed by atoms with Crippen molar-refractivity contribution in [2.24, 2.45) is 5.92 Å². The van der Waals surface area contributed by atoms with Crippen molar-refractivity contribution in [1.29, 1.82) is 0 Å². The lowest BCUT2D eigenvalue weighted by Gasteiger charge is -2.23. The Morgan fingerprint density at radius 3 is 3.00 bits per heavy atom. The van der Waals surface area contributed by atoms with Gasteiger partial charge in [-0.25, -0.2) is 4.79 Å². The lowest BCUT2D eigenvalue weighted by Crippen LogP contribution is -2.44. The van der Waals surface area contributed by atoms with Crippen LogP contribution in [0.3, 0.4) is 0 Å². The van der Waals surface area contributed by atoms with Gasteiger partial charge in [0.1, 0.15) is 0 Å². The molecular weight excluding hydrogens is 226 g/mol. The molecule has 2 saturated heterocycles. The zero-order chi connectivity index (χ0) is 12.4. The van der Waals surface area contributed by atoms with Crippen molar-refractivity contribution in [1.82, 2.24) is 15.5 Å². The number of benzene rings is 1. The van der Waals surface area contributed by atoms with Crippen LogP contribution in [0.1, 0.15) is 12.0 Å². The topological polar surface area (TPSA) is 44.4 Å². The van der Waals surface area contributed by atoms with Crippen molar-refractivity contribution in [3.63, 3.8) is 0 Å². The first-order chi connectivity index (χ1) is 8.84. The molecule has 0 bridgehead atoms. The summed E-state index contributed by atoms with van der Waals surface area (Å²) in [6.45, 7) is 3.52. The smallest absolute Gasteiger partial charge is 0.317 e. The number of hydrogen-bond acceptors (Lipinski definition) is 2. The van der Waals surface area contributed by atoms with E-state index < -0.39 is 0 Å². The van der Waals surface area contributed by atoms with Gasteiger partial charge in [0.05, 0.1) is 0 Å². The van der Waals surface area contributed by atoms with Gasteiger partial charge < -0.3 is 15.5 Å². The zero-order valence-corrected chi connectivity index (χ0v) is 10.4. The van der Waals surface area contributed by atoms with Gasteiger partial charge in [0.2, 0.25) is 0 Å². The summed E-state index contributed by atoms with van der Waals surface area (Å²) in [4.78, 5) is 14.1. The molecule has 4 heteroatoms. The first-order valence-electron chi connectivity index (χ1n) is 6.64. The van der Waals surface area contributed by atoms with Gasteiger partial charge >= 0.3 is 6.03 Å². The third kappa shape index (κ3) is 2.20. The van der Waals surface area contributed by atoms with Gasteiger partial charge in [0.25, 0.3) is 0 Å². The van der Waals surface area contributed by atoms with E-state index in [2.05, 4.69) is 10.6 Å². The molecule has 2 N–H and O–H groups in total. The number of hydrogen-bond donors (Lipinski definition) is 2. The highest BCUT2D eigenvalue weighted by atomic mass is 16.2. The summed E-state index contributed by atoms with van der Waals surface area (Å²) in [5, 5.41) is 6.37. The standard InChI is InChI=1S/C14H19N3O/c18-14(16-8-11-4-2-1-3-5-11)17-7-6-12-9-15-10-13(12)17/h1-5,12-13,15H,6-10H2,(H,16,18)/t12-,13+/m1/s1. The average Bonchev–Trinajstić information content (AvgIpc) is 2.99. The summed E-state index contributed by atoms with van der Waals surface area (Å²) in [6.07, 6.45) is 1.14. The predicted octanol–water partition coefficient (Wildman–Crippen LogP) is 1.19. The molecule has 2 heterocycles. The lowest BCUT2D eigenvalue weighted by molar-refractivity contribution is 0.192. The first-order valence-corrected chi connectivity index (χ1v) is 6.64. The van der Waals surface area contributed by atoms with E-state index >= 15 is 0 Å². The minimum Gasteiger partial charge on any atom is -0.334 e. The van der Waals surface area contributed by atoms with Crippen LogP contribution in [-0.2, 0) is 6.54 Å². The molecule has 4 nitrogen and oxygen atoms in total. The number of rotatable bonds is 2. The van der Waals surface area contributed by atoms with E-state index in [1.807, 2.05) is 35.2 Å². The Hall–Kier alpha value is -1.55. The van der Waals surface area contributed by atoms with Crippen molar-refractivity contribution in [3.05, 3.63) is 35.9 Å². The second kappa shape index (κ2) is 4.98. The van der Waals surface area contributed by atoms with Gasteiger partial charge in [-0.05, 0) is 17.9 Å². The van der Waals surface area contributed by atoms with E-state index in [0.29, 0.717) is 18.5 Å². The Labute approximate surface area is 107 Å². The molecular formula is C14H19N3O. The number of carbonyl (C=O) groups is 1. The molecule has 2 amide bonds. The van der Waals surface area contributed by atoms with Crippen LogP contribution in [0.5, 0.6) is 0 Å². The van der Waals surface area contributed by atoms with E-state index in [4.69, 9.17) is 0 Å². The van der Waals surface area contributed by atoms with E-state index in [1.165, 1.54) is 0 Å². The number of nitrogens with one attached hydrogen (secondary N) is 2. The third-order valence-electron chi connectivity index (χ3n) is 3.99. The fourth-order valence-electron chi connectivity index (χ4n) is 2.98. The maximum atomic E-state index is 12.1. The summed E-state index contributed by atoms with van der Waals surface area (Å²) < 4.78 is 0. The molecule has 0 aromatic heterocycles. The SMILES string of the molecule is O=C(NCc1ccccc1)N1CC[C@@H]2CNC[C@@H]21. The van der Waals surface area contributed by atoms with Crippen LogP contribution in [0, 0.1) is 5.92 Å². The molecule has 2 aliphatic heterocycles. The number of likely N-dealkylation sites (tertiary alicyclic amines) is 1. The molecule has 0 spiro atoms. The van der Waals surface area contributed by atoms with Crippen molar-refractivity contribution in [3.8, 4) is 0 Å². The van der Waals surface area contributed by atoms with Crippen LogP contribution in [0.15, 0.2) is 30.3 Å². The van der Waals surface area contributed by atoms with E-state index in [0.717, 1.165) is 31.6 Å². The van der Waals surface area contributed by atoms with Crippen molar-refractivity contribution in [2.75, 3.05) is 19.6 Å². The minimum absolute atomic E-state index is 0.0788. The van der Waals surface area contributed by atoms with E-state index in [9.17, 15) is 4.79 Å². The molecule has 1 aromatic carbocycles. The molecule has 96 valence electrons. The normalized spacial score (nSPS) is 26.1. The van der Waals surface area contributed by atoms with Crippen LogP contribution in [0.4, 0.5) is 4.79 Å². The Morgan fingerprint density at radius 2 is 2.17 bits per heavy atom. The highest BCUT2D eigenvalue weighted by Crippen LogP contribution is 2.26. The second-order valence-corrected chi connectivity index (χ2v) is 5.11. The minimum atomic E-state index is 0.0788. The predicted molar refractivity (Wildman–Crippen MR) is 70.1 cm³/mol. The van der Waals surface area contributed by atoms with Gasteiger partial charge in [0.15, 0.2) is 0 Å². The molecule has 2 fully saturated rings. The molecule has 18 heavy (non-hydrogen) atoms. The van der Waals surface area contributed by atoms with Crippen LogP contribution in [-0.4, -0.2) is 36.6 Å². The van der Waals surface area contributed by atoms with E-state index in [-0.39, 0.29) is 6.03 Å². The second-order valence-electron chi connectivity index (χ2n) is 5.11. The number of fused-ring (bicyclic) bond motifs is 1. The van der Waals surface area contributed by atoms with Gasteiger partial charge in [-0.2, -0.15) is 0 Å². The quantitative estimate of drug-likeness (QED) is 0.822. The number of amides is 2. The van der Waals surface area contributed by atoms with Crippen LogP contribution in [0.2, 0.25) is 0 Å². The van der Waals surface area contributed by atoms with Crippen molar-refractivity contribution in [2.45, 2.75) is 19.0 Å². The first kappa shape index (κ1) is 11.5. The molecule has 0 saturated carbocycles. The summed E-state index contributed by atoms with van der Waals surface area (Å²) >= 11 is 0. The van der Waals surface area contributed by atoms with Crippen LogP contribution >= 0.6 is 0 Å². The highest BCUT2D eigenvalue weighted by molar-refractivity contribution is 5.75. The molecule has 0 radical (unpaired) electrons. The number of nitrogens with zero attached hydrogens (tertiary/aromatic N) is 1. The summed E-state index contributed by atoms with van der Waals surface area (Å²) in [7, 11) is 0. The molecule has 2 atom stereocenters. The van der Waals surface area contributed by atoms with Crippen LogP contribution in [0.25, 0.3) is 0 Å². The van der Waals surface area contributed by atoms with Crippen molar-refractivity contribution >= 4 is 6.03 Å². The maximum Gasteiger partial charge on any atom is 0.317 e. The van der Waals surface area contributed by atoms with Gasteiger partial charge in [-0.1, -0.05) is 30.3 Å². The van der Waals surface area contributed by atoms with Gasteiger partial charge in [0, 0.05) is 32.2 Å². The molecule has 2 aliphatic rings. The highest BCUT2D eigenvalue weighted by Gasteiger charge is 2.39. The van der Waals surface area contributed by atoms with Crippen LogP contribution < -0.4 is 10.6 Å². The van der Waals surface area contributed by atoms with Crippen molar-refractivity contribution < 1.29 is 4.79 Å². The maximum absolute atomic E-state index is 12.1. The summed E-state index contributed by atoms with van der Waals surface area (Å²) in [5.74, 6) is 0.660. The lowest BCUT2D eigenvalue weighted by atomic mass is 10.1. The Morgan fingerprint density at radius 1 is 1.33 bits per heavy atom. The molecule has 3 rings (SSSR count). The molecule has 0 aliphatic carbocycles. The van der Waals surface area contributed by atoms with Gasteiger partial charge in [-0.3, -0.25) is 0 Å². The third-order valence-corrected chi connectivity index (χ3v) is 3.99. The van der Waals surface area contributed by atoms with Gasteiger partial charge in [-0.15, -0.1) is 0 Å². The average molecular weight is 245 g/mol. The summed E-state index contributed by atoms with van der Waals surface area (Å²) in [6, 6.07) is 10.5. The Kier molecular flexibility index (Phi) is 3.19. The summed E-state index contributed by atoms with van der Waals surface area (Å²) in [5.41, 5.74) is 1.14. The number of urea groups is 1. The Bertz CT molecular complexity index is 420. The fourth-order valence-corrected chi connectivity index (χ4v) is 2.98. The Balaban J connectivity index is 1.56. The number of carbonyl (C=O) groups excluding carboxylic acids is 1. The molecule has 0 unspecified atom stereocenters. The van der Waals surface area contributed by atoms with E-state index in [1.54, 1.807) is 0 Å². The zero-order valence-electron chi connectivity index (χ0n) is 10.4. The fraction of sp³-hybridized carbons (Fsp3) is 0.500. The monoisotopic (exact) mass is 245 g/mol.